The van der Waals surface area contributed by atoms with E-state index in [9.17, 15) is 14.4 Å². The fourth-order valence-electron chi connectivity index (χ4n) is 5.53. The van der Waals surface area contributed by atoms with Crippen molar-refractivity contribution in [3.05, 3.63) is 149 Å². The van der Waals surface area contributed by atoms with Crippen LogP contribution in [0.15, 0.2) is 137 Å². The summed E-state index contributed by atoms with van der Waals surface area (Å²) in [5.74, 6) is 0.954. The quantitative estimate of drug-likeness (QED) is 0.0690. The predicted molar refractivity (Wildman–Crippen MR) is 221 cm³/mol. The number of thiazole rings is 1. The Balaban J connectivity index is 1.18. The first-order chi connectivity index (χ1) is 27.3. The third-order valence-electron chi connectivity index (χ3n) is 8.37. The largest absolute Gasteiger partial charge is 0.493 e. The standard InChI is InChI=1S/C43H38N4O7S2/c1-51-35-21-15-27(24-37(35)53-3)23-33(45-40(48)29-13-9-6-10-14-29)41(49)44-31-17-19-32(20-18-31)56-39(28-11-7-5-8-12-28)42(50)47-43-46-34(26-55-43)30-16-22-36(52-2)38(25-30)54-4/h5-26,39H,1-4H3,(H,44,49)(H,45,48)(H,46,47,50)/b33-23-. The lowest BCUT2D eigenvalue weighted by atomic mass is 10.1. The molecule has 13 heteroatoms. The number of aromatic nitrogens is 1. The van der Waals surface area contributed by atoms with E-state index in [0.717, 1.165) is 16.0 Å². The summed E-state index contributed by atoms with van der Waals surface area (Å²) >= 11 is 2.68. The maximum absolute atomic E-state index is 13.8. The second kappa shape index (κ2) is 18.7. The molecule has 0 saturated carbocycles. The Morgan fingerprint density at radius 3 is 1.98 bits per heavy atom. The van der Waals surface area contributed by atoms with Crippen molar-refractivity contribution in [3.63, 3.8) is 0 Å². The fourth-order valence-corrected chi connectivity index (χ4v) is 7.28. The molecule has 0 fully saturated rings. The molecule has 0 radical (unpaired) electrons. The lowest BCUT2D eigenvalue weighted by Crippen LogP contribution is -2.30. The van der Waals surface area contributed by atoms with Gasteiger partial charge in [-0.3, -0.25) is 14.4 Å². The molecule has 0 saturated heterocycles. The molecule has 6 aromatic rings. The first-order valence-electron chi connectivity index (χ1n) is 17.2. The summed E-state index contributed by atoms with van der Waals surface area (Å²) in [7, 11) is 6.21. The number of nitrogens with one attached hydrogen (secondary N) is 3. The summed E-state index contributed by atoms with van der Waals surface area (Å²) in [5, 5.41) is 10.3. The van der Waals surface area contributed by atoms with Gasteiger partial charge in [0.05, 0.1) is 34.1 Å². The van der Waals surface area contributed by atoms with Gasteiger partial charge in [-0.2, -0.15) is 0 Å². The SMILES string of the molecule is COc1ccc(/C=C(\NC(=O)c2ccccc2)C(=O)Nc2ccc(SC(C(=O)Nc3nc(-c4ccc(OC)c(OC)c4)cs3)c3ccccc3)cc2)cc1OC. The molecule has 3 amide bonds. The first kappa shape index (κ1) is 39.1. The van der Waals surface area contributed by atoms with E-state index >= 15 is 0 Å². The van der Waals surface area contributed by atoms with Gasteiger partial charge in [-0.15, -0.1) is 23.1 Å². The molecule has 1 atom stereocenters. The van der Waals surface area contributed by atoms with Gasteiger partial charge >= 0.3 is 0 Å². The number of amides is 3. The smallest absolute Gasteiger partial charge is 0.272 e. The third kappa shape index (κ3) is 9.75. The summed E-state index contributed by atoms with van der Waals surface area (Å²) in [4.78, 5) is 46.1. The lowest BCUT2D eigenvalue weighted by Gasteiger charge is -2.17. The van der Waals surface area contributed by atoms with Gasteiger partial charge in [0.15, 0.2) is 28.1 Å². The zero-order chi connectivity index (χ0) is 39.4. The monoisotopic (exact) mass is 786 g/mol. The van der Waals surface area contributed by atoms with Gasteiger partial charge in [0.25, 0.3) is 11.8 Å². The van der Waals surface area contributed by atoms with Crippen LogP contribution in [-0.4, -0.2) is 51.1 Å². The molecule has 1 heterocycles. The van der Waals surface area contributed by atoms with Crippen LogP contribution in [0.25, 0.3) is 17.3 Å². The number of carbonyl (C=O) groups excluding carboxylic acids is 3. The number of nitrogens with zero attached hydrogens (tertiary/aromatic N) is 1. The van der Waals surface area contributed by atoms with E-state index in [0.29, 0.717) is 50.6 Å². The van der Waals surface area contributed by atoms with Crippen molar-refractivity contribution in [1.82, 2.24) is 10.3 Å². The molecule has 284 valence electrons. The number of rotatable bonds is 15. The highest BCUT2D eigenvalue weighted by Gasteiger charge is 2.24. The predicted octanol–water partition coefficient (Wildman–Crippen LogP) is 8.73. The molecule has 56 heavy (non-hydrogen) atoms. The zero-order valence-corrected chi connectivity index (χ0v) is 32.5. The number of ether oxygens (including phenoxy) is 4. The minimum absolute atomic E-state index is 0.0156. The van der Waals surface area contributed by atoms with E-state index in [4.69, 9.17) is 18.9 Å². The Hall–Kier alpha value is -6.57. The van der Waals surface area contributed by atoms with Crippen molar-refractivity contribution >= 4 is 57.7 Å². The van der Waals surface area contributed by atoms with E-state index in [1.165, 1.54) is 37.3 Å². The van der Waals surface area contributed by atoms with Crippen LogP contribution in [0.3, 0.4) is 0 Å². The number of benzene rings is 5. The van der Waals surface area contributed by atoms with E-state index in [-0.39, 0.29) is 11.6 Å². The van der Waals surface area contributed by atoms with E-state index < -0.39 is 17.1 Å². The second-order valence-corrected chi connectivity index (χ2v) is 14.0. The Morgan fingerprint density at radius 1 is 0.696 bits per heavy atom. The molecule has 5 aromatic carbocycles. The van der Waals surface area contributed by atoms with Gasteiger partial charge in [0.1, 0.15) is 10.9 Å². The van der Waals surface area contributed by atoms with Crippen molar-refractivity contribution in [2.75, 3.05) is 39.1 Å². The summed E-state index contributed by atoms with van der Waals surface area (Å²) in [5.41, 5.74) is 3.82. The van der Waals surface area contributed by atoms with Crippen LogP contribution in [-0.2, 0) is 9.59 Å². The Kier molecular flexibility index (Phi) is 13.0. The number of hydrogen-bond donors (Lipinski definition) is 3. The van der Waals surface area contributed by atoms with Gasteiger partial charge < -0.3 is 34.9 Å². The van der Waals surface area contributed by atoms with E-state index in [1.54, 1.807) is 81.0 Å². The minimum atomic E-state index is -0.616. The maximum atomic E-state index is 13.8. The van der Waals surface area contributed by atoms with Crippen molar-refractivity contribution in [2.45, 2.75) is 10.1 Å². The summed E-state index contributed by atoms with van der Waals surface area (Å²) in [6.45, 7) is 0. The number of methoxy groups -OCH3 is 4. The van der Waals surface area contributed by atoms with Crippen molar-refractivity contribution < 1.29 is 33.3 Å². The number of anilines is 2. The maximum Gasteiger partial charge on any atom is 0.272 e. The molecule has 3 N–H and O–H groups in total. The van der Waals surface area contributed by atoms with Crippen LogP contribution < -0.4 is 34.9 Å². The van der Waals surface area contributed by atoms with Crippen molar-refractivity contribution in [3.8, 4) is 34.3 Å². The van der Waals surface area contributed by atoms with E-state index in [2.05, 4.69) is 20.9 Å². The highest BCUT2D eigenvalue weighted by atomic mass is 32.2. The molecule has 0 spiro atoms. The Bertz CT molecular complexity index is 2330. The zero-order valence-electron chi connectivity index (χ0n) is 30.9. The molecular formula is C43H38N4O7S2. The van der Waals surface area contributed by atoms with Gasteiger partial charge in [0.2, 0.25) is 5.91 Å². The van der Waals surface area contributed by atoms with Crippen LogP contribution in [0.2, 0.25) is 0 Å². The molecule has 6 rings (SSSR count). The number of thioether (sulfide) groups is 1. The average Bonchev–Trinajstić information content (AvgIpc) is 3.71. The van der Waals surface area contributed by atoms with Gasteiger partial charge in [0, 0.05) is 27.1 Å². The minimum Gasteiger partial charge on any atom is -0.493 e. The van der Waals surface area contributed by atoms with Gasteiger partial charge in [-0.25, -0.2) is 4.98 Å². The summed E-state index contributed by atoms with van der Waals surface area (Å²) < 4.78 is 21.6. The van der Waals surface area contributed by atoms with Crippen LogP contribution in [0.4, 0.5) is 10.8 Å². The normalized spacial score (nSPS) is 11.5. The second-order valence-electron chi connectivity index (χ2n) is 12.0. The van der Waals surface area contributed by atoms with Crippen LogP contribution in [0.5, 0.6) is 23.0 Å². The molecule has 1 aromatic heterocycles. The van der Waals surface area contributed by atoms with E-state index in [1.807, 2.05) is 66.0 Å². The topological polar surface area (TPSA) is 137 Å². The highest BCUT2D eigenvalue weighted by Crippen LogP contribution is 2.38. The van der Waals surface area contributed by atoms with Gasteiger partial charge in [-0.1, -0.05) is 54.6 Å². The molecule has 0 aliphatic heterocycles. The summed E-state index contributed by atoms with van der Waals surface area (Å²) in [6.07, 6.45) is 1.56. The van der Waals surface area contributed by atoms with Crippen LogP contribution >= 0.6 is 23.1 Å². The van der Waals surface area contributed by atoms with Gasteiger partial charge in [-0.05, 0) is 83.9 Å². The lowest BCUT2D eigenvalue weighted by molar-refractivity contribution is -0.116. The van der Waals surface area contributed by atoms with Crippen LogP contribution in [0, 0.1) is 0 Å². The Labute approximate surface area is 332 Å². The van der Waals surface area contributed by atoms with Crippen molar-refractivity contribution in [1.29, 1.82) is 0 Å². The molecule has 0 aliphatic rings. The number of carbonyl (C=O) groups is 3. The fraction of sp³-hybridized carbons (Fsp3) is 0.116. The highest BCUT2D eigenvalue weighted by molar-refractivity contribution is 8.00. The molecular weight excluding hydrogens is 749 g/mol. The molecule has 0 aliphatic carbocycles. The summed E-state index contributed by atoms with van der Waals surface area (Å²) in [6, 6.07) is 35.9. The first-order valence-corrected chi connectivity index (χ1v) is 19.0. The Morgan fingerprint density at radius 2 is 1.32 bits per heavy atom. The van der Waals surface area contributed by atoms with Crippen LogP contribution in [0.1, 0.15) is 26.7 Å². The third-order valence-corrected chi connectivity index (χ3v) is 10.4. The van der Waals surface area contributed by atoms with Crippen molar-refractivity contribution in [2.24, 2.45) is 0 Å². The number of hydrogen-bond acceptors (Lipinski definition) is 10. The average molecular weight is 787 g/mol. The molecule has 11 nitrogen and oxygen atoms in total. The molecule has 1 unspecified atom stereocenters. The molecule has 0 bridgehead atoms.